The Morgan fingerprint density at radius 2 is 1.42 bits per heavy atom. The molecule has 1 atom stereocenters. The fraction of sp³-hybridized carbons (Fsp3) is 0.174. The van der Waals surface area contributed by atoms with Crippen LogP contribution in [-0.4, -0.2) is 12.5 Å². The maximum absolute atomic E-state index is 12.3. The molecule has 0 radical (unpaired) electrons. The van der Waals surface area contributed by atoms with Crippen LogP contribution < -0.4 is 10.6 Å². The van der Waals surface area contributed by atoms with E-state index >= 15 is 0 Å². The van der Waals surface area contributed by atoms with Crippen LogP contribution in [0.15, 0.2) is 84.9 Å². The van der Waals surface area contributed by atoms with E-state index in [1.807, 2.05) is 48.5 Å². The average Bonchev–Trinajstić information content (AvgIpc) is 2.69. The predicted molar refractivity (Wildman–Crippen MR) is 105 cm³/mol. The second kappa shape index (κ2) is 8.97. The van der Waals surface area contributed by atoms with Crippen LogP contribution in [-0.2, 0) is 11.3 Å². The third kappa shape index (κ3) is 5.04. The van der Waals surface area contributed by atoms with E-state index in [0.29, 0.717) is 13.1 Å². The first kappa shape index (κ1) is 17.9. The third-order valence-electron chi connectivity index (χ3n) is 4.47. The highest BCUT2D eigenvalue weighted by Crippen LogP contribution is 2.18. The Labute approximate surface area is 155 Å². The topological polar surface area (TPSA) is 45.7 Å². The first-order chi connectivity index (χ1) is 12.7. The number of nitrogens with one attached hydrogen (secondary N) is 1. The van der Waals surface area contributed by atoms with Crippen molar-refractivity contribution >= 4 is 5.91 Å². The molecule has 3 aromatic carbocycles. The number of hydrogen-bond donors (Lipinski definition) is 2. The first-order valence-electron chi connectivity index (χ1n) is 8.98. The number of benzene rings is 3. The van der Waals surface area contributed by atoms with Gasteiger partial charge in [-0.2, -0.15) is 0 Å². The number of hydrogen-bond acceptors (Lipinski definition) is 1. The highest BCUT2D eigenvalue weighted by molar-refractivity contribution is 5.76. The molecule has 26 heavy (non-hydrogen) atoms. The van der Waals surface area contributed by atoms with Gasteiger partial charge in [-0.25, -0.2) is 0 Å². The van der Waals surface area contributed by atoms with Gasteiger partial charge in [0.15, 0.2) is 6.54 Å². The molecule has 0 saturated heterocycles. The minimum absolute atomic E-state index is 0.0434. The maximum Gasteiger partial charge on any atom is 0.275 e. The van der Waals surface area contributed by atoms with E-state index in [1.54, 1.807) is 0 Å². The number of quaternary nitrogens is 1. The summed E-state index contributed by atoms with van der Waals surface area (Å²) in [7, 11) is 0. The van der Waals surface area contributed by atoms with Crippen molar-refractivity contribution in [1.29, 1.82) is 0 Å². The highest BCUT2D eigenvalue weighted by atomic mass is 16.1. The van der Waals surface area contributed by atoms with Gasteiger partial charge in [-0.05, 0) is 12.5 Å². The van der Waals surface area contributed by atoms with Gasteiger partial charge in [0, 0.05) is 17.7 Å². The average molecular weight is 345 g/mol. The van der Waals surface area contributed by atoms with Crippen LogP contribution >= 0.6 is 0 Å². The molecule has 3 rings (SSSR count). The lowest BCUT2D eigenvalue weighted by atomic mass is 9.98. The van der Waals surface area contributed by atoms with Crippen LogP contribution in [0.4, 0.5) is 0 Å². The molecule has 0 spiro atoms. The van der Waals surface area contributed by atoms with Gasteiger partial charge in [0.05, 0.1) is 0 Å². The molecule has 3 aromatic rings. The van der Waals surface area contributed by atoms with E-state index in [-0.39, 0.29) is 11.9 Å². The zero-order chi connectivity index (χ0) is 18.2. The predicted octanol–water partition coefficient (Wildman–Crippen LogP) is 2.96. The van der Waals surface area contributed by atoms with E-state index in [4.69, 9.17) is 0 Å². The SMILES string of the molecule is Cc1ccc([C@@H]([NH2+]CC(=O)NCc2ccccc2)c2ccccc2)cc1. The van der Waals surface area contributed by atoms with Gasteiger partial charge in [-0.3, -0.25) is 4.79 Å². The quantitative estimate of drug-likeness (QED) is 0.679. The molecule has 0 aliphatic carbocycles. The Hall–Kier alpha value is -2.91. The van der Waals surface area contributed by atoms with Gasteiger partial charge < -0.3 is 10.6 Å². The van der Waals surface area contributed by atoms with E-state index in [1.165, 1.54) is 16.7 Å². The molecule has 3 nitrogen and oxygen atoms in total. The smallest absolute Gasteiger partial charge is 0.275 e. The van der Waals surface area contributed by atoms with Gasteiger partial charge in [0.2, 0.25) is 0 Å². The Morgan fingerprint density at radius 1 is 0.846 bits per heavy atom. The molecule has 0 bridgehead atoms. The van der Waals surface area contributed by atoms with Crippen LogP contribution in [0.5, 0.6) is 0 Å². The van der Waals surface area contributed by atoms with Crippen molar-refractivity contribution in [3.05, 3.63) is 107 Å². The van der Waals surface area contributed by atoms with Crippen LogP contribution in [0.3, 0.4) is 0 Å². The van der Waals surface area contributed by atoms with Crippen molar-refractivity contribution < 1.29 is 10.1 Å². The molecule has 0 unspecified atom stereocenters. The number of rotatable bonds is 7. The van der Waals surface area contributed by atoms with Gasteiger partial charge >= 0.3 is 0 Å². The third-order valence-corrected chi connectivity index (χ3v) is 4.47. The van der Waals surface area contributed by atoms with Crippen LogP contribution in [0, 0.1) is 6.92 Å². The van der Waals surface area contributed by atoms with E-state index in [0.717, 1.165) is 5.56 Å². The number of aryl methyl sites for hydroxylation is 1. The zero-order valence-corrected chi connectivity index (χ0v) is 15.1. The zero-order valence-electron chi connectivity index (χ0n) is 15.1. The van der Waals surface area contributed by atoms with E-state index in [2.05, 4.69) is 54.0 Å². The lowest BCUT2D eigenvalue weighted by Crippen LogP contribution is -2.87. The van der Waals surface area contributed by atoms with Crippen molar-refractivity contribution in [3.8, 4) is 0 Å². The standard InChI is InChI=1S/C23H24N2O/c1-18-12-14-21(15-13-18)23(20-10-6-3-7-11-20)25-17-22(26)24-16-19-8-4-2-5-9-19/h2-15,23,25H,16-17H2,1H3,(H,24,26)/p+1/t23-/m0/s1. The van der Waals surface area contributed by atoms with Crippen molar-refractivity contribution in [3.63, 3.8) is 0 Å². The monoisotopic (exact) mass is 345 g/mol. The molecule has 0 heterocycles. The summed E-state index contributed by atoms with van der Waals surface area (Å²) in [6.07, 6.45) is 0. The Kier molecular flexibility index (Phi) is 6.18. The second-order valence-electron chi connectivity index (χ2n) is 6.50. The first-order valence-corrected chi connectivity index (χ1v) is 8.98. The molecule has 1 amide bonds. The van der Waals surface area contributed by atoms with Gasteiger partial charge in [0.25, 0.3) is 5.91 Å². The summed E-state index contributed by atoms with van der Waals surface area (Å²) in [5.41, 5.74) is 4.75. The van der Waals surface area contributed by atoms with Crippen LogP contribution in [0.2, 0.25) is 0 Å². The van der Waals surface area contributed by atoms with E-state index in [9.17, 15) is 4.79 Å². The molecule has 0 fully saturated rings. The normalized spacial score (nSPS) is 11.7. The fourth-order valence-electron chi connectivity index (χ4n) is 2.99. The molecule has 0 saturated carbocycles. The molecule has 0 aliphatic rings. The van der Waals surface area contributed by atoms with Crippen LogP contribution in [0.25, 0.3) is 0 Å². The summed E-state index contributed by atoms with van der Waals surface area (Å²) < 4.78 is 0. The van der Waals surface area contributed by atoms with E-state index < -0.39 is 0 Å². The summed E-state index contributed by atoms with van der Waals surface area (Å²) >= 11 is 0. The summed E-state index contributed by atoms with van der Waals surface area (Å²) in [5.74, 6) is 0.0434. The van der Waals surface area contributed by atoms with Gasteiger partial charge in [-0.15, -0.1) is 0 Å². The van der Waals surface area contributed by atoms with Crippen molar-refractivity contribution in [2.75, 3.05) is 6.54 Å². The lowest BCUT2D eigenvalue weighted by Gasteiger charge is -2.17. The lowest BCUT2D eigenvalue weighted by molar-refractivity contribution is -0.676. The van der Waals surface area contributed by atoms with Crippen molar-refractivity contribution in [2.45, 2.75) is 19.5 Å². The number of carbonyl (C=O) groups excluding carboxylic acids is 1. The molecule has 0 aromatic heterocycles. The summed E-state index contributed by atoms with van der Waals surface area (Å²) in [6, 6.07) is 28.9. The summed E-state index contributed by atoms with van der Waals surface area (Å²) in [4.78, 5) is 12.3. The fourth-order valence-corrected chi connectivity index (χ4v) is 2.99. The minimum Gasteiger partial charge on any atom is -0.347 e. The Morgan fingerprint density at radius 3 is 2.08 bits per heavy atom. The summed E-state index contributed by atoms with van der Waals surface area (Å²) in [5, 5.41) is 5.09. The summed E-state index contributed by atoms with van der Waals surface area (Å²) in [6.45, 7) is 3.04. The Bertz CT molecular complexity index is 814. The maximum atomic E-state index is 12.3. The molecular weight excluding hydrogens is 320 g/mol. The molecule has 132 valence electrons. The minimum atomic E-state index is 0.0434. The second-order valence-corrected chi connectivity index (χ2v) is 6.50. The van der Waals surface area contributed by atoms with Crippen molar-refractivity contribution in [1.82, 2.24) is 5.32 Å². The van der Waals surface area contributed by atoms with Crippen LogP contribution in [0.1, 0.15) is 28.3 Å². The van der Waals surface area contributed by atoms with Gasteiger partial charge in [0.1, 0.15) is 6.04 Å². The largest absolute Gasteiger partial charge is 0.347 e. The molecular formula is C23H25N2O+. The highest BCUT2D eigenvalue weighted by Gasteiger charge is 2.18. The molecule has 3 heteroatoms. The number of amides is 1. The number of nitrogens with two attached hydrogens (primary N) is 1. The van der Waals surface area contributed by atoms with Crippen molar-refractivity contribution in [2.24, 2.45) is 0 Å². The van der Waals surface area contributed by atoms with Gasteiger partial charge in [-0.1, -0.05) is 90.5 Å². The Balaban J connectivity index is 1.64. The molecule has 3 N–H and O–H groups in total. The molecule has 0 aliphatic heterocycles. The number of carbonyl (C=O) groups is 1.